The van der Waals surface area contributed by atoms with Crippen molar-refractivity contribution >= 4 is 40.5 Å². The van der Waals surface area contributed by atoms with Crippen LogP contribution in [-0.4, -0.2) is 11.9 Å². The van der Waals surface area contributed by atoms with E-state index >= 15 is 0 Å². The molecule has 0 saturated carbocycles. The second-order valence-electron chi connectivity index (χ2n) is 5.28. The number of aryl methyl sites for hydroxylation is 2. The van der Waals surface area contributed by atoms with Crippen LogP contribution in [0.5, 0.6) is 0 Å². The molecule has 116 valence electrons. The van der Waals surface area contributed by atoms with Gasteiger partial charge < -0.3 is 10.6 Å². The van der Waals surface area contributed by atoms with E-state index in [0.29, 0.717) is 15.7 Å². The first-order valence-corrected chi connectivity index (χ1v) is 7.72. The second-order valence-corrected chi connectivity index (χ2v) is 6.12. The predicted octanol–water partition coefficient (Wildman–Crippen LogP) is 5.05. The lowest BCUT2D eigenvalue weighted by atomic mass is 10.1. The second kappa shape index (κ2) is 7.03. The minimum Gasteiger partial charge on any atom is -0.374 e. The van der Waals surface area contributed by atoms with E-state index in [1.165, 1.54) is 11.1 Å². The Hall–Kier alpha value is -1.71. The molecule has 0 unspecified atom stereocenters. The van der Waals surface area contributed by atoms with Gasteiger partial charge in [0.05, 0.1) is 10.7 Å². The van der Waals surface area contributed by atoms with E-state index in [9.17, 15) is 4.79 Å². The summed E-state index contributed by atoms with van der Waals surface area (Å²) < 4.78 is 0. The molecule has 0 radical (unpaired) electrons. The van der Waals surface area contributed by atoms with Gasteiger partial charge in [0.15, 0.2) is 0 Å². The van der Waals surface area contributed by atoms with Crippen molar-refractivity contribution in [1.82, 2.24) is 0 Å². The Balaban J connectivity index is 2.05. The number of halogens is 2. The number of rotatable bonds is 4. The fraction of sp³-hybridized carbons (Fsp3) is 0.235. The van der Waals surface area contributed by atoms with Crippen molar-refractivity contribution in [3.8, 4) is 0 Å². The van der Waals surface area contributed by atoms with Gasteiger partial charge in [-0.3, -0.25) is 4.79 Å². The number of nitrogens with one attached hydrogen (secondary N) is 2. The number of carbonyl (C=O) groups is 1. The molecule has 0 saturated heterocycles. The third-order valence-corrected chi connectivity index (χ3v) is 4.03. The van der Waals surface area contributed by atoms with Gasteiger partial charge in [-0.1, -0.05) is 29.3 Å². The molecule has 0 aliphatic heterocycles. The van der Waals surface area contributed by atoms with Crippen LogP contribution >= 0.6 is 23.2 Å². The van der Waals surface area contributed by atoms with E-state index in [2.05, 4.69) is 17.6 Å². The molecule has 0 fully saturated rings. The lowest BCUT2D eigenvalue weighted by Gasteiger charge is -2.17. The number of hydrogen-bond donors (Lipinski definition) is 2. The van der Waals surface area contributed by atoms with E-state index < -0.39 is 6.04 Å². The average molecular weight is 337 g/mol. The van der Waals surface area contributed by atoms with Crippen LogP contribution in [-0.2, 0) is 4.79 Å². The van der Waals surface area contributed by atoms with Gasteiger partial charge in [-0.15, -0.1) is 0 Å². The van der Waals surface area contributed by atoms with Crippen molar-refractivity contribution < 1.29 is 4.79 Å². The number of anilines is 2. The van der Waals surface area contributed by atoms with Crippen LogP contribution in [0.1, 0.15) is 18.1 Å². The largest absolute Gasteiger partial charge is 0.374 e. The van der Waals surface area contributed by atoms with Gasteiger partial charge >= 0.3 is 0 Å². The van der Waals surface area contributed by atoms with Gasteiger partial charge in [-0.05, 0) is 62.2 Å². The predicted molar refractivity (Wildman–Crippen MR) is 94.1 cm³/mol. The number of amides is 1. The van der Waals surface area contributed by atoms with Crippen LogP contribution in [0, 0.1) is 13.8 Å². The molecule has 0 aliphatic rings. The zero-order valence-electron chi connectivity index (χ0n) is 12.7. The van der Waals surface area contributed by atoms with Gasteiger partial charge in [0, 0.05) is 10.7 Å². The van der Waals surface area contributed by atoms with Gasteiger partial charge in [0.25, 0.3) is 0 Å². The van der Waals surface area contributed by atoms with E-state index in [1.54, 1.807) is 25.1 Å². The lowest BCUT2D eigenvalue weighted by Crippen LogP contribution is -2.32. The Morgan fingerprint density at radius 2 is 1.77 bits per heavy atom. The van der Waals surface area contributed by atoms with E-state index in [0.717, 1.165) is 5.69 Å². The first kappa shape index (κ1) is 16.7. The molecule has 22 heavy (non-hydrogen) atoms. The molecule has 0 spiro atoms. The van der Waals surface area contributed by atoms with Crippen LogP contribution in [0.25, 0.3) is 0 Å². The zero-order valence-corrected chi connectivity index (χ0v) is 14.2. The quantitative estimate of drug-likeness (QED) is 0.820. The molecule has 0 aromatic heterocycles. The fourth-order valence-corrected chi connectivity index (χ4v) is 2.32. The van der Waals surface area contributed by atoms with E-state index in [4.69, 9.17) is 23.2 Å². The Morgan fingerprint density at radius 3 is 2.45 bits per heavy atom. The summed E-state index contributed by atoms with van der Waals surface area (Å²) in [7, 11) is 0. The van der Waals surface area contributed by atoms with Crippen molar-refractivity contribution in [2.24, 2.45) is 0 Å². The van der Waals surface area contributed by atoms with Crippen molar-refractivity contribution in [2.45, 2.75) is 26.8 Å². The Morgan fingerprint density at radius 1 is 1.05 bits per heavy atom. The SMILES string of the molecule is Cc1ccc(N[C@@H](C)C(=O)Nc2cc(Cl)ccc2Cl)cc1C. The summed E-state index contributed by atoms with van der Waals surface area (Å²) in [5.74, 6) is -0.178. The van der Waals surface area contributed by atoms with Crippen LogP contribution < -0.4 is 10.6 Å². The molecule has 2 N–H and O–H groups in total. The Bertz CT molecular complexity index is 701. The smallest absolute Gasteiger partial charge is 0.246 e. The Labute approximate surface area is 140 Å². The zero-order chi connectivity index (χ0) is 16.3. The minimum atomic E-state index is -0.405. The summed E-state index contributed by atoms with van der Waals surface area (Å²) in [6.07, 6.45) is 0. The van der Waals surface area contributed by atoms with Crippen LogP contribution in [0.2, 0.25) is 10.0 Å². The van der Waals surface area contributed by atoms with Gasteiger partial charge in [0.2, 0.25) is 5.91 Å². The molecular weight excluding hydrogens is 319 g/mol. The molecule has 0 bridgehead atoms. The highest BCUT2D eigenvalue weighted by atomic mass is 35.5. The molecule has 2 aromatic carbocycles. The maximum Gasteiger partial charge on any atom is 0.246 e. The van der Waals surface area contributed by atoms with E-state index in [1.807, 2.05) is 25.1 Å². The molecule has 0 heterocycles. The van der Waals surface area contributed by atoms with Crippen LogP contribution in [0.3, 0.4) is 0 Å². The van der Waals surface area contributed by atoms with Crippen molar-refractivity contribution in [3.63, 3.8) is 0 Å². The average Bonchev–Trinajstić information content (AvgIpc) is 2.46. The van der Waals surface area contributed by atoms with Crippen LogP contribution in [0.15, 0.2) is 36.4 Å². The topological polar surface area (TPSA) is 41.1 Å². The number of benzene rings is 2. The van der Waals surface area contributed by atoms with E-state index in [-0.39, 0.29) is 5.91 Å². The Kier molecular flexibility index (Phi) is 5.33. The summed E-state index contributed by atoms with van der Waals surface area (Å²) in [5.41, 5.74) is 3.81. The summed E-state index contributed by atoms with van der Waals surface area (Å²) in [5, 5.41) is 6.93. The highest BCUT2D eigenvalue weighted by Gasteiger charge is 2.14. The molecule has 2 aromatic rings. The third-order valence-electron chi connectivity index (χ3n) is 3.47. The van der Waals surface area contributed by atoms with Gasteiger partial charge in [0.1, 0.15) is 6.04 Å². The maximum absolute atomic E-state index is 12.3. The fourth-order valence-electron chi connectivity index (χ4n) is 1.98. The highest BCUT2D eigenvalue weighted by Crippen LogP contribution is 2.25. The molecule has 1 atom stereocenters. The summed E-state index contributed by atoms with van der Waals surface area (Å²) in [6.45, 7) is 5.89. The normalized spacial score (nSPS) is 11.9. The minimum absolute atomic E-state index is 0.178. The summed E-state index contributed by atoms with van der Waals surface area (Å²) in [6, 6.07) is 10.6. The molecule has 1 amide bonds. The molecular formula is C17H18Cl2N2O. The van der Waals surface area contributed by atoms with Crippen molar-refractivity contribution in [1.29, 1.82) is 0 Å². The standard InChI is InChI=1S/C17H18Cl2N2O/c1-10-4-6-14(8-11(10)2)20-12(3)17(22)21-16-9-13(18)5-7-15(16)19/h4-9,12,20H,1-3H3,(H,21,22)/t12-/m0/s1. The van der Waals surface area contributed by atoms with Crippen LogP contribution in [0.4, 0.5) is 11.4 Å². The van der Waals surface area contributed by atoms with Gasteiger partial charge in [-0.25, -0.2) is 0 Å². The molecule has 3 nitrogen and oxygen atoms in total. The first-order valence-electron chi connectivity index (χ1n) is 6.96. The number of carbonyl (C=O) groups excluding carboxylic acids is 1. The van der Waals surface area contributed by atoms with Gasteiger partial charge in [-0.2, -0.15) is 0 Å². The maximum atomic E-state index is 12.3. The number of hydrogen-bond acceptors (Lipinski definition) is 2. The van der Waals surface area contributed by atoms with Crippen molar-refractivity contribution in [3.05, 3.63) is 57.6 Å². The summed E-state index contributed by atoms with van der Waals surface area (Å²) >= 11 is 12.0. The molecule has 5 heteroatoms. The first-order chi connectivity index (χ1) is 10.4. The molecule has 0 aliphatic carbocycles. The third kappa shape index (κ3) is 4.15. The summed E-state index contributed by atoms with van der Waals surface area (Å²) in [4.78, 5) is 12.3. The van der Waals surface area contributed by atoms with Crippen molar-refractivity contribution in [2.75, 3.05) is 10.6 Å². The molecule has 2 rings (SSSR count). The highest BCUT2D eigenvalue weighted by molar-refractivity contribution is 6.35. The monoisotopic (exact) mass is 336 g/mol. The lowest BCUT2D eigenvalue weighted by molar-refractivity contribution is -0.116.